The van der Waals surface area contributed by atoms with Gasteiger partial charge in [0.05, 0.1) is 39.1 Å². The van der Waals surface area contributed by atoms with Crippen LogP contribution in [0.1, 0.15) is 61.8 Å². The molecular formula is C40H52N12O6. The molecule has 0 aliphatic heterocycles. The number of amides is 2. The molecule has 2 amide bonds. The van der Waals surface area contributed by atoms with Crippen molar-refractivity contribution in [2.75, 3.05) is 52.9 Å². The predicted molar refractivity (Wildman–Crippen MR) is 222 cm³/mol. The molecule has 18 nitrogen and oxygen atoms in total. The number of nitrogens with one attached hydrogen (secondary N) is 2. The SMILES string of the molecule is CCCCOc1nc(N)c2[nH]c(=O)n(Cc3ccc(CC(=O)N(C)C)cc3)c2n1.CCCCOc1nc(N)c2[nH]c(=O)n(Cc3ccc(CC(=O)N(C)C)cc3)c2n1. The van der Waals surface area contributed by atoms with Crippen molar-refractivity contribution < 1.29 is 19.1 Å². The van der Waals surface area contributed by atoms with Gasteiger partial charge in [-0.3, -0.25) is 18.7 Å². The number of anilines is 2. The van der Waals surface area contributed by atoms with Crippen LogP contribution < -0.4 is 32.3 Å². The second kappa shape index (κ2) is 19.4. The summed E-state index contributed by atoms with van der Waals surface area (Å²) in [6.45, 7) is 5.73. The smallest absolute Gasteiger partial charge is 0.328 e. The van der Waals surface area contributed by atoms with Gasteiger partial charge in [-0.1, -0.05) is 75.2 Å². The van der Waals surface area contributed by atoms with E-state index < -0.39 is 0 Å². The number of benzene rings is 2. The number of fused-ring (bicyclic) bond motifs is 2. The van der Waals surface area contributed by atoms with Crippen LogP contribution in [0, 0.1) is 0 Å². The van der Waals surface area contributed by atoms with Gasteiger partial charge in [-0.2, -0.15) is 19.9 Å². The van der Waals surface area contributed by atoms with Crippen LogP contribution in [-0.4, -0.2) is 102 Å². The number of hydrogen-bond acceptors (Lipinski definition) is 12. The molecule has 0 atom stereocenters. The number of hydrogen-bond donors (Lipinski definition) is 4. The maximum absolute atomic E-state index is 12.4. The lowest BCUT2D eigenvalue weighted by Gasteiger charge is -2.10. The highest BCUT2D eigenvalue weighted by atomic mass is 16.5. The molecule has 2 aromatic carbocycles. The number of imidazole rings is 2. The molecule has 0 bridgehead atoms. The van der Waals surface area contributed by atoms with E-state index in [0.717, 1.165) is 47.9 Å². The van der Waals surface area contributed by atoms with Gasteiger partial charge >= 0.3 is 23.4 Å². The number of H-pyrrole nitrogens is 2. The Morgan fingerprint density at radius 2 is 0.948 bits per heavy atom. The summed E-state index contributed by atoms with van der Waals surface area (Å²) in [7, 11) is 6.92. The molecule has 0 radical (unpaired) electrons. The van der Waals surface area contributed by atoms with Crippen LogP contribution in [0.15, 0.2) is 58.1 Å². The van der Waals surface area contributed by atoms with Gasteiger partial charge < -0.3 is 40.7 Å². The molecule has 4 heterocycles. The van der Waals surface area contributed by atoms with Gasteiger partial charge in [0.1, 0.15) is 11.0 Å². The fraction of sp³-hybridized carbons (Fsp3) is 0.400. The monoisotopic (exact) mass is 796 g/mol. The first-order valence-electron chi connectivity index (χ1n) is 19.1. The molecule has 0 saturated heterocycles. The summed E-state index contributed by atoms with van der Waals surface area (Å²) in [6, 6.07) is 15.5. The Kier molecular flexibility index (Phi) is 14.2. The number of aromatic nitrogens is 8. The zero-order valence-corrected chi connectivity index (χ0v) is 33.9. The van der Waals surface area contributed by atoms with Crippen LogP contribution in [0.2, 0.25) is 0 Å². The first kappa shape index (κ1) is 42.4. The average molecular weight is 797 g/mol. The molecule has 6 N–H and O–H groups in total. The Hall–Kier alpha value is -6.72. The van der Waals surface area contributed by atoms with E-state index in [4.69, 9.17) is 20.9 Å². The molecule has 58 heavy (non-hydrogen) atoms. The number of rotatable bonds is 16. The van der Waals surface area contributed by atoms with Crippen molar-refractivity contribution in [2.24, 2.45) is 0 Å². The third-order valence-electron chi connectivity index (χ3n) is 9.15. The molecular weight excluding hydrogens is 745 g/mol. The first-order valence-corrected chi connectivity index (χ1v) is 19.1. The Morgan fingerprint density at radius 1 is 0.603 bits per heavy atom. The number of nitrogens with zero attached hydrogens (tertiary/aromatic N) is 8. The van der Waals surface area contributed by atoms with Crippen LogP contribution in [0.5, 0.6) is 12.0 Å². The fourth-order valence-electron chi connectivity index (χ4n) is 5.66. The Bertz CT molecular complexity index is 2280. The van der Waals surface area contributed by atoms with E-state index in [1.165, 1.54) is 9.13 Å². The minimum atomic E-state index is -0.321. The topological polar surface area (TPSA) is 238 Å². The van der Waals surface area contributed by atoms with E-state index in [1.54, 1.807) is 38.0 Å². The molecule has 308 valence electrons. The number of ether oxygens (including phenoxy) is 2. The Morgan fingerprint density at radius 3 is 1.28 bits per heavy atom. The molecule has 0 unspecified atom stereocenters. The standard InChI is InChI=1S/2C20H26N6O3/c2*1-4-5-10-29-19-23-17(21)16-18(24-19)26(20(28)22-16)12-14-8-6-13(7-9-14)11-15(27)25(2)3/h2*6-9H,4-5,10-12H2,1-3H3,(H,22,28)(H2,21,23,24). The summed E-state index contributed by atoms with van der Waals surface area (Å²) < 4.78 is 14.1. The van der Waals surface area contributed by atoms with Crippen molar-refractivity contribution in [3.8, 4) is 12.0 Å². The maximum Gasteiger partial charge on any atom is 0.328 e. The Balaban J connectivity index is 0.000000221. The van der Waals surface area contributed by atoms with Gasteiger partial charge in [-0.15, -0.1) is 0 Å². The molecule has 0 spiro atoms. The van der Waals surface area contributed by atoms with Gasteiger partial charge in [-0.05, 0) is 35.1 Å². The summed E-state index contributed by atoms with van der Waals surface area (Å²) in [6.07, 6.45) is 4.41. The normalized spacial score (nSPS) is 11.0. The number of nitrogens with two attached hydrogens (primary N) is 2. The maximum atomic E-state index is 12.4. The second-order valence-corrected chi connectivity index (χ2v) is 14.2. The van der Waals surface area contributed by atoms with Crippen molar-refractivity contribution in [3.63, 3.8) is 0 Å². The van der Waals surface area contributed by atoms with Crippen LogP contribution in [0.4, 0.5) is 11.6 Å². The molecule has 0 fully saturated rings. The lowest BCUT2D eigenvalue weighted by Crippen LogP contribution is -2.23. The van der Waals surface area contributed by atoms with E-state index in [9.17, 15) is 19.2 Å². The fourth-order valence-corrected chi connectivity index (χ4v) is 5.66. The van der Waals surface area contributed by atoms with Gasteiger partial charge in [0.15, 0.2) is 22.9 Å². The molecule has 0 saturated carbocycles. The summed E-state index contributed by atoms with van der Waals surface area (Å²) in [4.78, 5) is 74.1. The van der Waals surface area contributed by atoms with Gasteiger partial charge in [0.25, 0.3) is 0 Å². The summed E-state index contributed by atoms with van der Waals surface area (Å²) >= 11 is 0. The van der Waals surface area contributed by atoms with Gasteiger partial charge in [0.2, 0.25) is 11.8 Å². The van der Waals surface area contributed by atoms with Crippen molar-refractivity contribution in [1.29, 1.82) is 0 Å². The second-order valence-electron chi connectivity index (χ2n) is 14.2. The number of likely N-dealkylation sites (N-methyl/N-ethyl adjacent to an activating group) is 2. The number of unbranched alkanes of at least 4 members (excludes halogenated alkanes) is 2. The number of nitrogen functional groups attached to an aromatic ring is 2. The number of aromatic amines is 2. The van der Waals surface area contributed by atoms with Crippen LogP contribution in [-0.2, 0) is 35.5 Å². The van der Waals surface area contributed by atoms with E-state index in [-0.39, 0.29) is 46.9 Å². The van der Waals surface area contributed by atoms with Crippen molar-refractivity contribution in [3.05, 3.63) is 91.8 Å². The van der Waals surface area contributed by atoms with E-state index in [2.05, 4.69) is 43.8 Å². The quantitative estimate of drug-likeness (QED) is 0.103. The summed E-state index contributed by atoms with van der Waals surface area (Å²) in [5, 5.41) is 0. The van der Waals surface area contributed by atoms with Crippen LogP contribution >= 0.6 is 0 Å². The highest BCUT2D eigenvalue weighted by molar-refractivity contribution is 5.83. The third-order valence-corrected chi connectivity index (χ3v) is 9.15. The third kappa shape index (κ3) is 10.8. The van der Waals surface area contributed by atoms with Crippen molar-refractivity contribution >= 4 is 45.8 Å². The highest BCUT2D eigenvalue weighted by Crippen LogP contribution is 2.21. The number of carbonyl (C=O) groups is 2. The molecule has 6 aromatic rings. The molecule has 18 heteroatoms. The zero-order valence-electron chi connectivity index (χ0n) is 33.9. The van der Waals surface area contributed by atoms with E-state index in [1.807, 2.05) is 48.5 Å². The van der Waals surface area contributed by atoms with E-state index >= 15 is 0 Å². The minimum Gasteiger partial charge on any atom is -0.463 e. The van der Waals surface area contributed by atoms with Crippen molar-refractivity contribution in [2.45, 2.75) is 65.5 Å². The lowest BCUT2D eigenvalue weighted by molar-refractivity contribution is -0.128. The summed E-state index contributed by atoms with van der Waals surface area (Å²) in [5.41, 5.74) is 16.5. The van der Waals surface area contributed by atoms with Crippen molar-refractivity contribution in [1.82, 2.24) is 48.8 Å². The summed E-state index contributed by atoms with van der Waals surface area (Å²) in [5.74, 6) is 0.423. The minimum absolute atomic E-state index is 0.0355. The van der Waals surface area contributed by atoms with E-state index in [0.29, 0.717) is 61.5 Å². The lowest BCUT2D eigenvalue weighted by atomic mass is 10.1. The van der Waals surface area contributed by atoms with Gasteiger partial charge in [-0.25, -0.2) is 9.59 Å². The van der Waals surface area contributed by atoms with Crippen LogP contribution in [0.25, 0.3) is 22.3 Å². The Labute approximate surface area is 335 Å². The molecule has 0 aliphatic rings. The predicted octanol–water partition coefficient (Wildman–Crippen LogP) is 3.12. The molecule has 0 aliphatic carbocycles. The molecule has 4 aromatic heterocycles. The number of carbonyl (C=O) groups excluding carboxylic acids is 2. The molecule has 6 rings (SSSR count). The first-order chi connectivity index (χ1) is 27.8. The largest absolute Gasteiger partial charge is 0.463 e. The highest BCUT2D eigenvalue weighted by Gasteiger charge is 2.17. The van der Waals surface area contributed by atoms with Gasteiger partial charge in [0, 0.05) is 28.2 Å². The zero-order chi connectivity index (χ0) is 41.9. The average Bonchev–Trinajstić information content (AvgIpc) is 3.68. The van der Waals surface area contributed by atoms with Crippen LogP contribution in [0.3, 0.4) is 0 Å².